The minimum Gasteiger partial charge on any atom is -0.381 e. The fraction of sp³-hybridized carbons (Fsp3) is 0.429. The predicted octanol–water partition coefficient (Wildman–Crippen LogP) is 7.39. The van der Waals surface area contributed by atoms with Crippen molar-refractivity contribution in [2.45, 2.75) is 70.9 Å². The molecule has 228 valence electrons. The van der Waals surface area contributed by atoms with E-state index in [-0.39, 0.29) is 22.9 Å². The summed E-state index contributed by atoms with van der Waals surface area (Å²) in [6.45, 7) is 9.59. The molecule has 0 spiro atoms. The molecule has 3 aromatic rings. The topological polar surface area (TPSA) is 70.7 Å². The van der Waals surface area contributed by atoms with E-state index in [2.05, 4.69) is 31.4 Å². The number of likely N-dealkylation sites (tertiary alicyclic amines) is 1. The van der Waals surface area contributed by atoms with Gasteiger partial charge >= 0.3 is 0 Å². The largest absolute Gasteiger partial charge is 0.381 e. The summed E-state index contributed by atoms with van der Waals surface area (Å²) in [4.78, 5) is 29.4. The van der Waals surface area contributed by atoms with Gasteiger partial charge in [0, 0.05) is 31.5 Å². The zero-order valence-corrected chi connectivity index (χ0v) is 25.4. The van der Waals surface area contributed by atoms with Crippen LogP contribution in [0.5, 0.6) is 0 Å². The quantitative estimate of drug-likeness (QED) is 0.315. The second-order valence-electron chi connectivity index (χ2n) is 12.7. The molecule has 1 unspecified atom stereocenters. The Hall–Kier alpha value is -3.78. The summed E-state index contributed by atoms with van der Waals surface area (Å²) < 4.78 is 36.0. The summed E-state index contributed by atoms with van der Waals surface area (Å²) in [5, 5.41) is 6.33. The molecule has 0 saturated carbocycles. The molecule has 0 radical (unpaired) electrons. The van der Waals surface area contributed by atoms with Gasteiger partial charge in [-0.2, -0.15) is 0 Å². The molecular formula is C35H41F2N3O3. The maximum atomic E-state index is 15.6. The molecule has 2 saturated heterocycles. The van der Waals surface area contributed by atoms with Gasteiger partial charge in [-0.25, -0.2) is 8.78 Å². The van der Waals surface area contributed by atoms with Crippen molar-refractivity contribution in [1.82, 2.24) is 4.90 Å². The van der Waals surface area contributed by atoms with Gasteiger partial charge in [0.05, 0.1) is 23.2 Å². The minimum atomic E-state index is -0.780. The van der Waals surface area contributed by atoms with Crippen molar-refractivity contribution in [3.05, 3.63) is 94.6 Å². The number of nitrogens with zero attached hydrogens (tertiary/aromatic N) is 1. The normalized spacial score (nSPS) is 19.6. The molecule has 3 aromatic carbocycles. The number of carbonyl (C=O) groups excluding carboxylic acids is 2. The first-order valence-electron chi connectivity index (χ1n) is 15.1. The van der Waals surface area contributed by atoms with Crippen LogP contribution in [0.25, 0.3) is 0 Å². The number of aryl methyl sites for hydroxylation is 1. The Kier molecular flexibility index (Phi) is 9.16. The average Bonchev–Trinajstić information content (AvgIpc) is 2.98. The Bertz CT molecular complexity index is 1460. The number of ether oxygens (including phenoxy) is 1. The lowest BCUT2D eigenvalue weighted by Crippen LogP contribution is -2.46. The molecule has 2 heterocycles. The number of benzene rings is 3. The van der Waals surface area contributed by atoms with E-state index in [1.807, 2.05) is 24.3 Å². The molecule has 0 aromatic heterocycles. The van der Waals surface area contributed by atoms with Gasteiger partial charge in [-0.15, -0.1) is 0 Å². The third-order valence-electron chi connectivity index (χ3n) is 8.58. The Morgan fingerprint density at radius 1 is 0.930 bits per heavy atom. The summed E-state index contributed by atoms with van der Waals surface area (Å²) in [5.74, 6) is -2.50. The molecule has 2 N–H and O–H groups in total. The van der Waals surface area contributed by atoms with E-state index in [9.17, 15) is 14.0 Å². The molecule has 6 nitrogen and oxygen atoms in total. The van der Waals surface area contributed by atoms with Crippen LogP contribution in [0.1, 0.15) is 79.5 Å². The number of amides is 2. The Morgan fingerprint density at radius 3 is 2.37 bits per heavy atom. The zero-order chi connectivity index (χ0) is 30.7. The van der Waals surface area contributed by atoms with E-state index >= 15 is 4.39 Å². The predicted molar refractivity (Wildman–Crippen MR) is 165 cm³/mol. The smallest absolute Gasteiger partial charge is 0.257 e. The summed E-state index contributed by atoms with van der Waals surface area (Å²) in [7, 11) is 0. The second-order valence-corrected chi connectivity index (χ2v) is 12.7. The zero-order valence-electron chi connectivity index (χ0n) is 25.4. The van der Waals surface area contributed by atoms with Crippen LogP contribution in [0.15, 0.2) is 60.7 Å². The van der Waals surface area contributed by atoms with Gasteiger partial charge < -0.3 is 20.3 Å². The van der Waals surface area contributed by atoms with E-state index < -0.39 is 29.5 Å². The fourth-order valence-electron chi connectivity index (χ4n) is 6.15. The molecular weight excluding hydrogens is 548 g/mol. The SMILES string of the molecule is Cc1cccc(F)c1C(=O)N1CCCC(C(=O)Nc2cccc(C(C)(C)C)c2)[C@@H]1c1ccc(NC2CCOCC2)c(F)c1. The molecule has 2 aliphatic heterocycles. The number of halogens is 2. The third kappa shape index (κ3) is 6.90. The highest BCUT2D eigenvalue weighted by atomic mass is 19.1. The van der Waals surface area contributed by atoms with E-state index in [4.69, 9.17) is 4.74 Å². The number of hydrogen-bond acceptors (Lipinski definition) is 4. The highest BCUT2D eigenvalue weighted by Crippen LogP contribution is 2.40. The molecule has 2 atom stereocenters. The highest BCUT2D eigenvalue weighted by Gasteiger charge is 2.41. The van der Waals surface area contributed by atoms with E-state index in [0.29, 0.717) is 55.1 Å². The number of carbonyl (C=O) groups is 2. The maximum absolute atomic E-state index is 15.6. The first-order valence-corrected chi connectivity index (χ1v) is 15.1. The van der Waals surface area contributed by atoms with Gasteiger partial charge in [-0.3, -0.25) is 9.59 Å². The maximum Gasteiger partial charge on any atom is 0.257 e. The standard InChI is InChI=1S/C35H41F2N3O3/c1-22-8-5-12-28(36)31(22)34(42)40-17-7-11-27(33(41)39-26-10-6-9-24(21-26)35(2,3)4)32(40)23-13-14-30(29(37)20-23)38-25-15-18-43-19-16-25/h5-6,8-10,12-14,20-21,25,27,32,38H,7,11,15-19H2,1-4H3,(H,39,41)/t27?,32-/m0/s1. The molecule has 2 fully saturated rings. The van der Waals surface area contributed by atoms with Gasteiger partial charge in [-0.1, -0.05) is 51.1 Å². The number of nitrogens with one attached hydrogen (secondary N) is 2. The minimum absolute atomic E-state index is 0.0234. The van der Waals surface area contributed by atoms with E-state index in [1.54, 1.807) is 36.1 Å². The average molecular weight is 590 g/mol. The van der Waals surface area contributed by atoms with Crippen molar-refractivity contribution in [3.63, 3.8) is 0 Å². The van der Waals surface area contributed by atoms with Gasteiger partial charge in [0.25, 0.3) is 5.91 Å². The van der Waals surface area contributed by atoms with Crippen LogP contribution < -0.4 is 10.6 Å². The molecule has 2 amide bonds. The lowest BCUT2D eigenvalue weighted by Gasteiger charge is -2.41. The monoisotopic (exact) mass is 589 g/mol. The van der Waals surface area contributed by atoms with Gasteiger partial charge in [-0.05, 0) is 85.0 Å². The third-order valence-corrected chi connectivity index (χ3v) is 8.58. The van der Waals surface area contributed by atoms with Crippen LogP contribution in [0.3, 0.4) is 0 Å². The summed E-state index contributed by atoms with van der Waals surface area (Å²) in [5.41, 5.74) is 2.99. The number of rotatable bonds is 6. The van der Waals surface area contributed by atoms with Crippen LogP contribution in [-0.2, 0) is 14.9 Å². The van der Waals surface area contributed by atoms with Gasteiger partial charge in [0.1, 0.15) is 11.6 Å². The molecule has 2 aliphatic rings. The van der Waals surface area contributed by atoms with E-state index in [0.717, 1.165) is 18.4 Å². The van der Waals surface area contributed by atoms with Crippen molar-refractivity contribution in [3.8, 4) is 0 Å². The van der Waals surface area contributed by atoms with Crippen molar-refractivity contribution in [2.24, 2.45) is 5.92 Å². The number of anilines is 2. The number of piperidine rings is 1. The second kappa shape index (κ2) is 12.8. The molecule has 43 heavy (non-hydrogen) atoms. The van der Waals surface area contributed by atoms with E-state index in [1.165, 1.54) is 12.1 Å². The fourth-order valence-corrected chi connectivity index (χ4v) is 6.15. The first-order chi connectivity index (χ1) is 20.5. The summed E-state index contributed by atoms with van der Waals surface area (Å²) in [6, 6.07) is 16.4. The lowest BCUT2D eigenvalue weighted by atomic mass is 9.83. The molecule has 0 aliphatic carbocycles. The Balaban J connectivity index is 1.49. The van der Waals surface area contributed by atoms with Crippen LogP contribution in [0.2, 0.25) is 0 Å². The molecule has 0 bridgehead atoms. The van der Waals surface area contributed by atoms with Crippen molar-refractivity contribution < 1.29 is 23.1 Å². The van der Waals surface area contributed by atoms with Crippen molar-refractivity contribution >= 4 is 23.2 Å². The summed E-state index contributed by atoms with van der Waals surface area (Å²) >= 11 is 0. The van der Waals surface area contributed by atoms with Gasteiger partial charge in [0.15, 0.2) is 0 Å². The first kappa shape index (κ1) is 30.7. The van der Waals surface area contributed by atoms with Crippen LogP contribution in [0, 0.1) is 24.5 Å². The van der Waals surface area contributed by atoms with Crippen molar-refractivity contribution in [1.29, 1.82) is 0 Å². The number of hydrogen-bond donors (Lipinski definition) is 2. The molecule has 8 heteroatoms. The van der Waals surface area contributed by atoms with Gasteiger partial charge in [0.2, 0.25) is 5.91 Å². The molecule has 5 rings (SSSR count). The van der Waals surface area contributed by atoms with Crippen LogP contribution in [-0.4, -0.2) is 42.5 Å². The summed E-state index contributed by atoms with van der Waals surface area (Å²) in [6.07, 6.45) is 2.63. The Labute approximate surface area is 252 Å². The van der Waals surface area contributed by atoms with Crippen molar-refractivity contribution in [2.75, 3.05) is 30.4 Å². The van der Waals surface area contributed by atoms with Crippen LogP contribution in [0.4, 0.5) is 20.2 Å². The Morgan fingerprint density at radius 2 is 1.67 bits per heavy atom. The van der Waals surface area contributed by atoms with Crippen LogP contribution >= 0.6 is 0 Å². The highest BCUT2D eigenvalue weighted by molar-refractivity contribution is 5.98. The lowest BCUT2D eigenvalue weighted by molar-refractivity contribution is -0.123.